The van der Waals surface area contributed by atoms with Crippen LogP contribution in [0.5, 0.6) is 0 Å². The topological polar surface area (TPSA) is 58.2 Å². The van der Waals surface area contributed by atoms with Crippen molar-refractivity contribution >= 4 is 22.9 Å². The van der Waals surface area contributed by atoms with Crippen LogP contribution >= 0.6 is 0 Å². The van der Waals surface area contributed by atoms with Crippen LogP contribution in [0.15, 0.2) is 109 Å². The van der Waals surface area contributed by atoms with Gasteiger partial charge in [-0.15, -0.1) is 0 Å². The van der Waals surface area contributed by atoms with Crippen molar-refractivity contribution in [2.24, 2.45) is 0 Å². The van der Waals surface area contributed by atoms with Crippen molar-refractivity contribution in [3.8, 4) is 0 Å². The largest absolute Gasteiger partial charge is 0.300 e. The van der Waals surface area contributed by atoms with E-state index in [1.807, 2.05) is 72.8 Å². The van der Waals surface area contributed by atoms with E-state index < -0.39 is 0 Å². The van der Waals surface area contributed by atoms with Gasteiger partial charge < -0.3 is 10.9 Å². The summed E-state index contributed by atoms with van der Waals surface area (Å²) in [7, 11) is 0. The van der Waals surface area contributed by atoms with Gasteiger partial charge in [0.15, 0.2) is 11.6 Å². The quantitative estimate of drug-likeness (QED) is 0.318. The molecule has 4 rings (SSSR count). The molecule has 146 valence electrons. The first kappa shape index (κ1) is 19.2. The lowest BCUT2D eigenvalue weighted by Crippen LogP contribution is -2.15. The van der Waals surface area contributed by atoms with Gasteiger partial charge in [0.2, 0.25) is 0 Å². The minimum Gasteiger partial charge on any atom is -0.300 e. The molecule has 0 heterocycles. The zero-order valence-electron chi connectivity index (χ0n) is 16.2. The van der Waals surface area contributed by atoms with Gasteiger partial charge in [-0.2, -0.15) is 0 Å². The summed E-state index contributed by atoms with van der Waals surface area (Å²) in [6, 6.07) is 32.9. The Balaban J connectivity index is 1.59. The third-order valence-corrected chi connectivity index (χ3v) is 4.75. The van der Waals surface area contributed by atoms with Crippen LogP contribution in [-0.2, 0) is 0 Å². The SMILES string of the molecule is O=C(c1ccccc1)c1ccccc1NNc1ccccc1C(=O)c1ccccc1. The molecule has 0 bridgehead atoms. The average molecular weight is 392 g/mol. The highest BCUT2D eigenvalue weighted by molar-refractivity contribution is 6.13. The van der Waals surface area contributed by atoms with Crippen LogP contribution in [0.3, 0.4) is 0 Å². The van der Waals surface area contributed by atoms with E-state index in [0.29, 0.717) is 33.6 Å². The van der Waals surface area contributed by atoms with Gasteiger partial charge in [-0.25, -0.2) is 0 Å². The molecule has 0 radical (unpaired) electrons. The molecule has 30 heavy (non-hydrogen) atoms. The van der Waals surface area contributed by atoms with Crippen LogP contribution in [-0.4, -0.2) is 11.6 Å². The Morgan fingerprint density at radius 3 is 1.17 bits per heavy atom. The van der Waals surface area contributed by atoms with E-state index in [1.165, 1.54) is 0 Å². The molecule has 4 aromatic rings. The summed E-state index contributed by atoms with van der Waals surface area (Å²) in [6.07, 6.45) is 0. The normalized spacial score (nSPS) is 10.3. The molecule has 2 N–H and O–H groups in total. The van der Waals surface area contributed by atoms with E-state index in [4.69, 9.17) is 0 Å². The highest BCUT2D eigenvalue weighted by atomic mass is 16.1. The van der Waals surface area contributed by atoms with Crippen molar-refractivity contribution in [3.05, 3.63) is 131 Å². The maximum absolute atomic E-state index is 12.9. The van der Waals surface area contributed by atoms with Gasteiger partial charge >= 0.3 is 0 Å². The highest BCUT2D eigenvalue weighted by Crippen LogP contribution is 2.22. The van der Waals surface area contributed by atoms with Gasteiger partial charge in [0.1, 0.15) is 0 Å². The first-order chi connectivity index (χ1) is 14.7. The maximum Gasteiger partial charge on any atom is 0.195 e. The summed E-state index contributed by atoms with van der Waals surface area (Å²) < 4.78 is 0. The van der Waals surface area contributed by atoms with Crippen LogP contribution in [0.4, 0.5) is 11.4 Å². The van der Waals surface area contributed by atoms with Gasteiger partial charge in [-0.3, -0.25) is 9.59 Å². The summed E-state index contributed by atoms with van der Waals surface area (Å²) in [6.45, 7) is 0. The number of anilines is 2. The maximum atomic E-state index is 12.9. The van der Waals surface area contributed by atoms with E-state index in [1.54, 1.807) is 36.4 Å². The van der Waals surface area contributed by atoms with Crippen LogP contribution in [0, 0.1) is 0 Å². The number of hydrazine groups is 1. The number of benzene rings is 4. The summed E-state index contributed by atoms with van der Waals surface area (Å²) in [5, 5.41) is 0. The number of ketones is 2. The molecule has 4 heteroatoms. The third kappa shape index (κ3) is 4.13. The second-order valence-electron chi connectivity index (χ2n) is 6.73. The summed E-state index contributed by atoms with van der Waals surface area (Å²) in [5.74, 6) is -0.150. The molecule has 0 aliphatic rings. The number of carbonyl (C=O) groups excluding carboxylic acids is 2. The van der Waals surface area contributed by atoms with Crippen LogP contribution in [0.2, 0.25) is 0 Å². The highest BCUT2D eigenvalue weighted by Gasteiger charge is 2.15. The Labute approximate surface area is 175 Å². The summed E-state index contributed by atoms with van der Waals surface area (Å²) in [4.78, 5) is 25.8. The first-order valence-electron chi connectivity index (χ1n) is 9.63. The number of rotatable bonds is 7. The Bertz CT molecular complexity index is 1080. The molecule has 0 aliphatic heterocycles. The van der Waals surface area contributed by atoms with E-state index in [2.05, 4.69) is 10.9 Å². The Morgan fingerprint density at radius 2 is 0.767 bits per heavy atom. The fraction of sp³-hybridized carbons (Fsp3) is 0. The van der Waals surface area contributed by atoms with Gasteiger partial charge in [0, 0.05) is 22.3 Å². The molecule has 0 atom stereocenters. The standard InChI is InChI=1S/C26H20N2O2/c29-25(19-11-3-1-4-12-19)21-15-7-9-17-23(21)27-28-24-18-10-8-16-22(24)26(30)20-13-5-2-6-14-20/h1-18,27-28H. The second-order valence-corrected chi connectivity index (χ2v) is 6.73. The minimum absolute atomic E-state index is 0.0749. The van der Waals surface area contributed by atoms with Crippen molar-refractivity contribution in [1.82, 2.24) is 0 Å². The molecule has 0 amide bonds. The zero-order chi connectivity index (χ0) is 20.8. The lowest BCUT2D eigenvalue weighted by molar-refractivity contribution is 0.103. The Morgan fingerprint density at radius 1 is 0.433 bits per heavy atom. The smallest absolute Gasteiger partial charge is 0.195 e. The predicted octanol–water partition coefficient (Wildman–Crippen LogP) is 5.59. The van der Waals surface area contributed by atoms with Crippen molar-refractivity contribution in [2.45, 2.75) is 0 Å². The molecular weight excluding hydrogens is 372 g/mol. The molecule has 0 unspecified atom stereocenters. The Kier molecular flexibility index (Phi) is 5.67. The van der Waals surface area contributed by atoms with Gasteiger partial charge in [-0.05, 0) is 24.3 Å². The van der Waals surface area contributed by atoms with Crippen LogP contribution in [0.25, 0.3) is 0 Å². The molecule has 4 nitrogen and oxygen atoms in total. The fourth-order valence-electron chi connectivity index (χ4n) is 3.20. The number of nitrogens with one attached hydrogen (secondary N) is 2. The van der Waals surface area contributed by atoms with E-state index >= 15 is 0 Å². The van der Waals surface area contributed by atoms with Crippen LogP contribution < -0.4 is 10.9 Å². The zero-order valence-corrected chi connectivity index (χ0v) is 16.2. The van der Waals surface area contributed by atoms with Crippen molar-refractivity contribution in [2.75, 3.05) is 10.9 Å². The lowest BCUT2D eigenvalue weighted by atomic mass is 10.0. The predicted molar refractivity (Wildman–Crippen MR) is 120 cm³/mol. The lowest BCUT2D eigenvalue weighted by Gasteiger charge is -2.16. The van der Waals surface area contributed by atoms with E-state index in [0.717, 1.165) is 0 Å². The molecule has 4 aromatic carbocycles. The van der Waals surface area contributed by atoms with E-state index in [9.17, 15) is 9.59 Å². The summed E-state index contributed by atoms with van der Waals surface area (Å²) in [5.41, 5.74) is 9.80. The summed E-state index contributed by atoms with van der Waals surface area (Å²) >= 11 is 0. The number of hydrogen-bond acceptors (Lipinski definition) is 4. The monoisotopic (exact) mass is 392 g/mol. The minimum atomic E-state index is -0.0749. The average Bonchev–Trinajstić information content (AvgIpc) is 2.83. The Hall–Kier alpha value is -4.18. The number of para-hydroxylation sites is 2. The number of carbonyl (C=O) groups is 2. The molecule has 0 saturated carbocycles. The first-order valence-corrected chi connectivity index (χ1v) is 9.63. The fourth-order valence-corrected chi connectivity index (χ4v) is 3.20. The molecule has 0 saturated heterocycles. The molecule has 0 spiro atoms. The van der Waals surface area contributed by atoms with Crippen molar-refractivity contribution in [1.29, 1.82) is 0 Å². The van der Waals surface area contributed by atoms with Crippen LogP contribution in [0.1, 0.15) is 31.8 Å². The van der Waals surface area contributed by atoms with Gasteiger partial charge in [0.25, 0.3) is 0 Å². The number of hydrogen-bond donors (Lipinski definition) is 2. The molecule has 0 fully saturated rings. The second kappa shape index (κ2) is 8.88. The van der Waals surface area contributed by atoms with E-state index in [-0.39, 0.29) is 11.6 Å². The molecular formula is C26H20N2O2. The van der Waals surface area contributed by atoms with Crippen molar-refractivity contribution < 1.29 is 9.59 Å². The van der Waals surface area contributed by atoms with Gasteiger partial charge in [-0.1, -0.05) is 84.9 Å². The molecule has 0 aromatic heterocycles. The van der Waals surface area contributed by atoms with Crippen molar-refractivity contribution in [3.63, 3.8) is 0 Å². The molecule has 0 aliphatic carbocycles. The van der Waals surface area contributed by atoms with Gasteiger partial charge in [0.05, 0.1) is 11.4 Å². The third-order valence-electron chi connectivity index (χ3n) is 4.75.